The van der Waals surface area contributed by atoms with Gasteiger partial charge in [0.1, 0.15) is 11.5 Å². The van der Waals surface area contributed by atoms with E-state index >= 15 is 0 Å². The van der Waals surface area contributed by atoms with Crippen LogP contribution in [0.15, 0.2) is 71.7 Å². The highest BCUT2D eigenvalue weighted by Gasteiger charge is 2.15. The third kappa shape index (κ3) is 2.63. The van der Waals surface area contributed by atoms with E-state index in [9.17, 15) is 4.79 Å². The van der Waals surface area contributed by atoms with Gasteiger partial charge in [-0.3, -0.25) is 9.20 Å². The van der Waals surface area contributed by atoms with Crippen molar-refractivity contribution in [2.24, 2.45) is 0 Å². The van der Waals surface area contributed by atoms with Crippen LogP contribution in [0.3, 0.4) is 0 Å². The SMILES string of the molecule is O=c1cc(N2CC=C(c3ccccc3)CC2)nc2ccccn12. The minimum atomic E-state index is -0.0385. The summed E-state index contributed by atoms with van der Waals surface area (Å²) in [5.41, 5.74) is 3.29. The van der Waals surface area contributed by atoms with Gasteiger partial charge in [-0.15, -0.1) is 0 Å². The van der Waals surface area contributed by atoms with Crippen LogP contribution in [-0.2, 0) is 0 Å². The highest BCUT2D eigenvalue weighted by Crippen LogP contribution is 2.24. The Hall–Kier alpha value is -2.88. The molecule has 0 saturated carbocycles. The van der Waals surface area contributed by atoms with Crippen molar-refractivity contribution >= 4 is 17.0 Å². The van der Waals surface area contributed by atoms with Gasteiger partial charge in [0.15, 0.2) is 0 Å². The molecule has 0 fully saturated rings. The van der Waals surface area contributed by atoms with Crippen LogP contribution in [0.5, 0.6) is 0 Å². The molecule has 23 heavy (non-hydrogen) atoms. The molecule has 4 heteroatoms. The Balaban J connectivity index is 1.64. The van der Waals surface area contributed by atoms with Gasteiger partial charge in [-0.05, 0) is 29.7 Å². The lowest BCUT2D eigenvalue weighted by Gasteiger charge is -2.27. The lowest BCUT2D eigenvalue weighted by atomic mass is 10.00. The van der Waals surface area contributed by atoms with Gasteiger partial charge in [-0.2, -0.15) is 0 Å². The van der Waals surface area contributed by atoms with Crippen molar-refractivity contribution < 1.29 is 0 Å². The first kappa shape index (κ1) is 13.8. The van der Waals surface area contributed by atoms with Crippen molar-refractivity contribution in [2.45, 2.75) is 6.42 Å². The van der Waals surface area contributed by atoms with Gasteiger partial charge in [0, 0.05) is 25.4 Å². The molecular formula is C19H17N3O. The van der Waals surface area contributed by atoms with Crippen LogP contribution >= 0.6 is 0 Å². The fourth-order valence-corrected chi connectivity index (χ4v) is 2.99. The first-order chi connectivity index (χ1) is 11.3. The molecule has 1 aromatic carbocycles. The number of rotatable bonds is 2. The van der Waals surface area contributed by atoms with Crippen LogP contribution in [0.1, 0.15) is 12.0 Å². The maximum absolute atomic E-state index is 12.2. The van der Waals surface area contributed by atoms with Crippen molar-refractivity contribution in [3.63, 3.8) is 0 Å². The average Bonchev–Trinajstić information content (AvgIpc) is 2.63. The van der Waals surface area contributed by atoms with Gasteiger partial charge < -0.3 is 4.90 Å². The Bertz CT molecular complexity index is 928. The lowest BCUT2D eigenvalue weighted by molar-refractivity contribution is 0.812. The van der Waals surface area contributed by atoms with Gasteiger partial charge in [0.2, 0.25) is 0 Å². The highest BCUT2D eigenvalue weighted by molar-refractivity contribution is 5.68. The zero-order valence-corrected chi connectivity index (χ0v) is 12.7. The second kappa shape index (κ2) is 5.72. The standard InChI is InChI=1S/C19H17N3O/c23-19-14-18(20-17-8-4-5-11-22(17)19)21-12-9-16(10-13-21)15-6-2-1-3-7-15/h1-9,11,14H,10,12-13H2. The number of fused-ring (bicyclic) bond motifs is 1. The number of hydrogen-bond acceptors (Lipinski definition) is 3. The van der Waals surface area contributed by atoms with Gasteiger partial charge in [0.05, 0.1) is 0 Å². The van der Waals surface area contributed by atoms with E-state index in [-0.39, 0.29) is 5.56 Å². The second-order valence-corrected chi connectivity index (χ2v) is 5.67. The molecule has 0 unspecified atom stereocenters. The van der Waals surface area contributed by atoms with Gasteiger partial charge in [-0.25, -0.2) is 4.98 Å². The van der Waals surface area contributed by atoms with E-state index in [1.54, 1.807) is 16.7 Å². The van der Waals surface area contributed by atoms with Crippen LogP contribution in [0.2, 0.25) is 0 Å². The molecule has 0 radical (unpaired) electrons. The summed E-state index contributed by atoms with van der Waals surface area (Å²) in [7, 11) is 0. The first-order valence-electron chi connectivity index (χ1n) is 7.79. The lowest BCUT2D eigenvalue weighted by Crippen LogP contribution is -2.30. The van der Waals surface area contributed by atoms with E-state index in [4.69, 9.17) is 0 Å². The molecule has 4 rings (SSSR count). The zero-order chi connectivity index (χ0) is 15.6. The summed E-state index contributed by atoms with van der Waals surface area (Å²) >= 11 is 0. The van der Waals surface area contributed by atoms with Gasteiger partial charge in [0.25, 0.3) is 5.56 Å². The Kier molecular flexibility index (Phi) is 3.42. The number of hydrogen-bond donors (Lipinski definition) is 0. The van der Waals surface area contributed by atoms with Crippen LogP contribution in [0, 0.1) is 0 Å². The predicted molar refractivity (Wildman–Crippen MR) is 92.7 cm³/mol. The fraction of sp³-hybridized carbons (Fsp3) is 0.158. The van der Waals surface area contributed by atoms with Crippen LogP contribution in [0.4, 0.5) is 5.82 Å². The first-order valence-corrected chi connectivity index (χ1v) is 7.79. The summed E-state index contributed by atoms with van der Waals surface area (Å²) in [4.78, 5) is 19.0. The number of nitrogens with zero attached hydrogens (tertiary/aromatic N) is 3. The Labute approximate surface area is 134 Å². The molecule has 0 N–H and O–H groups in total. The molecule has 114 valence electrons. The van der Waals surface area contributed by atoms with E-state index in [1.165, 1.54) is 11.1 Å². The minimum absolute atomic E-state index is 0.0385. The van der Waals surface area contributed by atoms with E-state index in [0.717, 1.165) is 25.3 Å². The van der Waals surface area contributed by atoms with Crippen molar-refractivity contribution in [1.29, 1.82) is 0 Å². The smallest absolute Gasteiger partial charge is 0.259 e. The van der Waals surface area contributed by atoms with E-state index in [0.29, 0.717) is 5.65 Å². The molecule has 1 aliphatic heterocycles. The molecule has 0 amide bonds. The monoisotopic (exact) mass is 303 g/mol. The summed E-state index contributed by atoms with van der Waals surface area (Å²) in [6, 6.07) is 17.7. The van der Waals surface area contributed by atoms with Gasteiger partial charge in [-0.1, -0.05) is 42.5 Å². The second-order valence-electron chi connectivity index (χ2n) is 5.67. The maximum Gasteiger partial charge on any atom is 0.259 e. The number of anilines is 1. The summed E-state index contributed by atoms with van der Waals surface area (Å²) in [5.74, 6) is 0.754. The van der Waals surface area contributed by atoms with E-state index in [1.807, 2.05) is 24.3 Å². The van der Waals surface area contributed by atoms with Crippen LogP contribution in [-0.4, -0.2) is 22.5 Å². The topological polar surface area (TPSA) is 37.6 Å². The molecule has 4 nitrogen and oxygen atoms in total. The summed E-state index contributed by atoms with van der Waals surface area (Å²) in [6.07, 6.45) is 4.94. The molecule has 1 aliphatic rings. The predicted octanol–water partition coefficient (Wildman–Crippen LogP) is 2.99. The maximum atomic E-state index is 12.2. The van der Waals surface area contributed by atoms with Crippen molar-refractivity contribution in [1.82, 2.24) is 9.38 Å². The van der Waals surface area contributed by atoms with Gasteiger partial charge >= 0.3 is 0 Å². The average molecular weight is 303 g/mol. The Morgan fingerprint density at radius 3 is 2.61 bits per heavy atom. The minimum Gasteiger partial charge on any atom is -0.352 e. The van der Waals surface area contributed by atoms with E-state index in [2.05, 4.69) is 40.2 Å². The molecular weight excluding hydrogens is 286 g/mol. The Morgan fingerprint density at radius 2 is 1.83 bits per heavy atom. The van der Waals surface area contributed by atoms with Crippen molar-refractivity contribution in [2.75, 3.05) is 18.0 Å². The normalized spacial score (nSPS) is 14.8. The van der Waals surface area contributed by atoms with E-state index < -0.39 is 0 Å². The molecule has 0 bridgehead atoms. The summed E-state index contributed by atoms with van der Waals surface area (Å²) in [5, 5.41) is 0. The molecule has 2 aromatic heterocycles. The van der Waals surface area contributed by atoms with Crippen molar-refractivity contribution in [3.8, 4) is 0 Å². The molecule has 3 heterocycles. The summed E-state index contributed by atoms with van der Waals surface area (Å²) < 4.78 is 1.57. The summed E-state index contributed by atoms with van der Waals surface area (Å²) in [6.45, 7) is 1.65. The molecule has 3 aromatic rings. The molecule has 0 spiro atoms. The van der Waals surface area contributed by atoms with Crippen LogP contribution in [0.25, 0.3) is 11.2 Å². The number of benzene rings is 1. The van der Waals surface area contributed by atoms with Crippen molar-refractivity contribution in [3.05, 3.63) is 82.8 Å². The molecule has 0 aliphatic carbocycles. The Morgan fingerprint density at radius 1 is 1.00 bits per heavy atom. The number of aromatic nitrogens is 2. The quantitative estimate of drug-likeness (QED) is 0.730. The number of pyridine rings is 1. The van der Waals surface area contributed by atoms with Crippen LogP contribution < -0.4 is 10.5 Å². The zero-order valence-electron chi connectivity index (χ0n) is 12.7. The third-order valence-electron chi connectivity index (χ3n) is 4.24. The fourth-order valence-electron chi connectivity index (χ4n) is 2.99. The molecule has 0 atom stereocenters. The molecule has 0 saturated heterocycles. The third-order valence-corrected chi connectivity index (χ3v) is 4.24. The highest BCUT2D eigenvalue weighted by atomic mass is 16.1. The largest absolute Gasteiger partial charge is 0.352 e.